The van der Waals surface area contributed by atoms with Crippen LogP contribution in [-0.2, 0) is 18.3 Å². The average Bonchev–Trinajstić information content (AvgIpc) is 1.83. The van der Waals surface area contributed by atoms with Crippen LogP contribution in [0.2, 0.25) is 0 Å². The molecule has 0 aromatic rings. The molecule has 0 aliphatic rings. The first-order chi connectivity index (χ1) is 5.10. The molecule has 9 heteroatoms. The molecular weight excluding hydrogens is 373 g/mol. The molecule has 0 spiro atoms. The summed E-state index contributed by atoms with van der Waals surface area (Å²) in [6.07, 6.45) is -6.09. The molecule has 0 aliphatic carbocycles. The van der Waals surface area contributed by atoms with Gasteiger partial charge in [0.05, 0.1) is 0 Å². The predicted molar refractivity (Wildman–Crippen MR) is 35.7 cm³/mol. The molecule has 0 amide bonds. The minimum atomic E-state index is -6.09. The van der Waals surface area contributed by atoms with Crippen molar-refractivity contribution in [1.82, 2.24) is 0 Å². The third-order valence-electron chi connectivity index (χ3n) is 0.870. The van der Waals surface area contributed by atoms with E-state index in [0.717, 1.165) is 0 Å². The molecule has 0 fully saturated rings. The fourth-order valence-electron chi connectivity index (χ4n) is 0.295. The minimum absolute atomic E-state index is 0. The van der Waals surface area contributed by atoms with E-state index in [-0.39, 0.29) is 24.0 Å². The van der Waals surface area contributed by atoms with Gasteiger partial charge in [-0.25, -0.2) is 0 Å². The van der Waals surface area contributed by atoms with Crippen molar-refractivity contribution >= 4 is 24.0 Å². The van der Waals surface area contributed by atoms with Crippen LogP contribution in [0.25, 0.3) is 0 Å². The number of alkyl halides is 5. The van der Waals surface area contributed by atoms with Crippen molar-refractivity contribution in [3.63, 3.8) is 0 Å². The average molecular weight is 374 g/mol. The van der Waals surface area contributed by atoms with Crippen molar-refractivity contribution in [3.8, 4) is 0 Å². The molecular formula is C4HF7IZn. The first-order valence-corrected chi connectivity index (χ1v) is 3.91. The van der Waals surface area contributed by atoms with E-state index in [1.807, 2.05) is 0 Å². The summed E-state index contributed by atoms with van der Waals surface area (Å²) in [5, 5.41) is 0. The topological polar surface area (TPSA) is 0 Å². The Kier molecular flexibility index (Phi) is 6.05. The van der Waals surface area contributed by atoms with Crippen LogP contribution < -0.4 is 0 Å². The Bertz CT molecular complexity index is 203. The van der Waals surface area contributed by atoms with Crippen molar-refractivity contribution in [1.29, 1.82) is 0 Å². The summed E-state index contributed by atoms with van der Waals surface area (Å²) in [7, 11) is 0. The number of rotatable bonds is 1. The Hall–Kier alpha value is 0.603. The normalized spacial score (nSPS) is 14.8. The van der Waals surface area contributed by atoms with Crippen molar-refractivity contribution in [3.05, 3.63) is 10.2 Å². The fourth-order valence-corrected chi connectivity index (χ4v) is 0.761. The molecule has 0 heterocycles. The third-order valence-corrected chi connectivity index (χ3v) is 1.52. The molecule has 0 rings (SSSR count). The van der Waals surface area contributed by atoms with E-state index in [2.05, 4.69) is 0 Å². The van der Waals surface area contributed by atoms with Gasteiger partial charge in [0.2, 0.25) is 0 Å². The van der Waals surface area contributed by atoms with Crippen LogP contribution in [0.15, 0.2) is 10.2 Å². The number of hydrogen-bond donors (Lipinski definition) is 0. The quantitative estimate of drug-likeness (QED) is 0.375. The summed E-state index contributed by atoms with van der Waals surface area (Å²) in [5.41, 5.74) is 0. The molecule has 0 unspecified atom stereocenters. The Balaban J connectivity index is 0. The fraction of sp³-hybridized carbons (Fsp3) is 0.500. The van der Waals surface area contributed by atoms with E-state index >= 15 is 0 Å². The largest absolute Gasteiger partial charge is 0.107 e. The summed E-state index contributed by atoms with van der Waals surface area (Å²) in [6.45, 7) is 0. The van der Waals surface area contributed by atoms with Crippen LogP contribution in [0.3, 0.4) is 0 Å². The van der Waals surface area contributed by atoms with Crippen LogP contribution in [-0.4, -0.2) is 12.1 Å². The number of halogens is 8. The standard InChI is InChI=1S/C4F7.HI.Zn/c5-1-2(6)3(7,8)4(9,10)11;;/h;1H;. The molecule has 0 atom stereocenters. The molecule has 0 nitrogen and oxygen atoms in total. The summed E-state index contributed by atoms with van der Waals surface area (Å²) >= 11 is -0.725. The molecule has 0 aromatic carbocycles. The smallest absolute Gasteiger partial charge is 0.107 e. The van der Waals surface area contributed by atoms with E-state index in [9.17, 15) is 30.7 Å². The van der Waals surface area contributed by atoms with Gasteiger partial charge in [-0.15, -0.1) is 24.0 Å². The Morgan fingerprint density at radius 2 is 1.23 bits per heavy atom. The van der Waals surface area contributed by atoms with E-state index in [4.69, 9.17) is 0 Å². The zero-order valence-corrected chi connectivity index (χ0v) is 11.1. The van der Waals surface area contributed by atoms with Gasteiger partial charge in [0.1, 0.15) is 0 Å². The first kappa shape index (κ1) is 16.0. The molecule has 0 saturated heterocycles. The second-order valence-electron chi connectivity index (χ2n) is 1.79. The third kappa shape index (κ3) is 3.69. The molecule has 0 bridgehead atoms. The minimum Gasteiger partial charge on any atom is -0.107 e. The molecule has 0 aliphatic heterocycles. The Morgan fingerprint density at radius 1 is 0.923 bits per heavy atom. The predicted octanol–water partition coefficient (Wildman–Crippen LogP) is 3.46. The van der Waals surface area contributed by atoms with Gasteiger partial charge in [0.15, 0.2) is 0 Å². The molecule has 0 N–H and O–H groups in total. The maximum absolute atomic E-state index is 11.9. The van der Waals surface area contributed by atoms with E-state index < -0.39 is 40.6 Å². The van der Waals surface area contributed by atoms with E-state index in [1.165, 1.54) is 0 Å². The van der Waals surface area contributed by atoms with Crippen LogP contribution >= 0.6 is 24.0 Å². The van der Waals surface area contributed by atoms with Crippen molar-refractivity contribution in [2.24, 2.45) is 0 Å². The van der Waals surface area contributed by atoms with Crippen LogP contribution in [0.1, 0.15) is 0 Å². The van der Waals surface area contributed by atoms with Crippen LogP contribution in [0.4, 0.5) is 30.7 Å². The maximum Gasteiger partial charge on any atom is -0.107 e. The van der Waals surface area contributed by atoms with Crippen molar-refractivity contribution < 1.29 is 49.0 Å². The molecule has 0 aromatic heterocycles. The molecule has 0 saturated carbocycles. The Morgan fingerprint density at radius 3 is 1.31 bits per heavy atom. The Labute approximate surface area is 95.2 Å². The van der Waals surface area contributed by atoms with Crippen molar-refractivity contribution in [2.75, 3.05) is 0 Å². The van der Waals surface area contributed by atoms with Gasteiger partial charge >= 0.3 is 71.4 Å². The van der Waals surface area contributed by atoms with Gasteiger partial charge in [-0.2, -0.15) is 0 Å². The van der Waals surface area contributed by atoms with Crippen LogP contribution in [0.5, 0.6) is 0 Å². The summed E-state index contributed by atoms with van der Waals surface area (Å²) in [6, 6.07) is 0. The van der Waals surface area contributed by atoms with Gasteiger partial charge in [0, 0.05) is 0 Å². The van der Waals surface area contributed by atoms with E-state index in [0.29, 0.717) is 0 Å². The number of hydrogen-bond acceptors (Lipinski definition) is 0. The van der Waals surface area contributed by atoms with Gasteiger partial charge in [-0.05, 0) is 0 Å². The first-order valence-electron chi connectivity index (χ1n) is 2.43. The van der Waals surface area contributed by atoms with Gasteiger partial charge in [-0.1, -0.05) is 0 Å². The van der Waals surface area contributed by atoms with Gasteiger partial charge in [-0.3, -0.25) is 0 Å². The molecule has 75 valence electrons. The van der Waals surface area contributed by atoms with Crippen LogP contribution in [0, 0.1) is 0 Å². The second kappa shape index (κ2) is 4.90. The summed E-state index contributed by atoms with van der Waals surface area (Å²) in [4.78, 5) is 0. The van der Waals surface area contributed by atoms with Gasteiger partial charge in [0.25, 0.3) is 0 Å². The molecule has 13 heavy (non-hydrogen) atoms. The zero-order valence-electron chi connectivity index (χ0n) is 5.76. The van der Waals surface area contributed by atoms with E-state index in [1.54, 1.807) is 0 Å². The maximum atomic E-state index is 11.9. The number of allylic oxidation sites excluding steroid dienone is 1. The summed E-state index contributed by atoms with van der Waals surface area (Å²) in [5.74, 6) is -8.76. The van der Waals surface area contributed by atoms with Gasteiger partial charge < -0.3 is 0 Å². The summed E-state index contributed by atoms with van der Waals surface area (Å²) < 4.78 is 78.9. The zero-order chi connectivity index (χ0) is 10.2. The monoisotopic (exact) mass is 373 g/mol. The van der Waals surface area contributed by atoms with Crippen molar-refractivity contribution in [2.45, 2.75) is 12.1 Å². The SMILES string of the molecule is F[C]([Zn])=C(F)C(F)(F)C(F)(F)F.I. The second-order valence-corrected chi connectivity index (χ2v) is 3.09. The molecule has 0 radical (unpaired) electrons.